The number of nitrogens with one attached hydrogen (secondary N) is 1. The molecule has 1 fully saturated rings. The van der Waals surface area contributed by atoms with E-state index in [9.17, 15) is 8.42 Å². The Balaban J connectivity index is 2.18. The van der Waals surface area contributed by atoms with E-state index < -0.39 is 10.0 Å². The van der Waals surface area contributed by atoms with E-state index in [1.165, 1.54) is 13.5 Å². The first kappa shape index (κ1) is 17.2. The maximum atomic E-state index is 12.6. The van der Waals surface area contributed by atoms with Crippen molar-refractivity contribution in [3.05, 3.63) is 23.3 Å². The molecule has 0 saturated carbocycles. The van der Waals surface area contributed by atoms with Gasteiger partial charge in [-0.3, -0.25) is 0 Å². The fourth-order valence-electron chi connectivity index (χ4n) is 2.82. The standard InChI is InChI=1S/C16H26N2O3S/c1-12-9-15(21-4)16(10-13(12)2)22(19,20)17-11-14-7-5-6-8-18(14)3/h9-10,14,17H,5-8,11H2,1-4H3. The fraction of sp³-hybridized carbons (Fsp3) is 0.625. The minimum Gasteiger partial charge on any atom is -0.495 e. The minimum absolute atomic E-state index is 0.219. The summed E-state index contributed by atoms with van der Waals surface area (Å²) in [6.45, 7) is 5.32. The third-order valence-corrected chi connectivity index (χ3v) is 5.94. The molecule has 0 bridgehead atoms. The topological polar surface area (TPSA) is 58.6 Å². The van der Waals surface area contributed by atoms with Gasteiger partial charge in [0.1, 0.15) is 10.6 Å². The number of piperidine rings is 1. The lowest BCUT2D eigenvalue weighted by atomic mass is 10.0. The zero-order valence-corrected chi connectivity index (χ0v) is 14.7. The second-order valence-corrected chi connectivity index (χ2v) is 7.80. The lowest BCUT2D eigenvalue weighted by molar-refractivity contribution is 0.187. The van der Waals surface area contributed by atoms with Crippen molar-refractivity contribution in [3.63, 3.8) is 0 Å². The van der Waals surface area contributed by atoms with E-state index in [0.717, 1.165) is 30.5 Å². The Hall–Kier alpha value is -1.11. The summed E-state index contributed by atoms with van der Waals surface area (Å²) in [5, 5.41) is 0. The summed E-state index contributed by atoms with van der Waals surface area (Å²) < 4.78 is 33.2. The molecule has 1 aliphatic rings. The van der Waals surface area contributed by atoms with E-state index in [2.05, 4.69) is 16.7 Å². The molecule has 0 amide bonds. The van der Waals surface area contributed by atoms with Crippen molar-refractivity contribution in [3.8, 4) is 5.75 Å². The molecule has 1 aliphatic heterocycles. The van der Waals surface area contributed by atoms with Gasteiger partial charge in [-0.2, -0.15) is 0 Å². The number of methoxy groups -OCH3 is 1. The molecule has 1 N–H and O–H groups in total. The molecule has 124 valence electrons. The van der Waals surface area contributed by atoms with Crippen LogP contribution in [-0.4, -0.2) is 46.6 Å². The number of likely N-dealkylation sites (N-methyl/N-ethyl adjacent to an activating group) is 1. The van der Waals surface area contributed by atoms with Crippen molar-refractivity contribution in [2.75, 3.05) is 27.2 Å². The highest BCUT2D eigenvalue weighted by atomic mass is 32.2. The van der Waals surface area contributed by atoms with Crippen molar-refractivity contribution < 1.29 is 13.2 Å². The van der Waals surface area contributed by atoms with E-state index >= 15 is 0 Å². The molecule has 0 radical (unpaired) electrons. The molecule has 1 aromatic rings. The summed E-state index contributed by atoms with van der Waals surface area (Å²) in [7, 11) is -0.0184. The molecule has 0 aromatic heterocycles. The normalized spacial score (nSPS) is 20.1. The zero-order chi connectivity index (χ0) is 16.3. The second kappa shape index (κ2) is 6.98. The Morgan fingerprint density at radius 2 is 1.95 bits per heavy atom. The van der Waals surface area contributed by atoms with Crippen molar-refractivity contribution in [1.82, 2.24) is 9.62 Å². The van der Waals surface area contributed by atoms with Gasteiger partial charge in [0.25, 0.3) is 0 Å². The van der Waals surface area contributed by atoms with Crippen LogP contribution < -0.4 is 9.46 Å². The third kappa shape index (κ3) is 3.80. The Morgan fingerprint density at radius 1 is 1.27 bits per heavy atom. The largest absolute Gasteiger partial charge is 0.495 e. The number of nitrogens with zero attached hydrogens (tertiary/aromatic N) is 1. The Bertz CT molecular complexity index is 629. The number of sulfonamides is 1. The van der Waals surface area contributed by atoms with Crippen LogP contribution in [-0.2, 0) is 10.0 Å². The number of rotatable bonds is 5. The van der Waals surface area contributed by atoms with Gasteiger partial charge in [-0.25, -0.2) is 13.1 Å². The zero-order valence-electron chi connectivity index (χ0n) is 13.8. The van der Waals surface area contributed by atoms with Gasteiger partial charge < -0.3 is 9.64 Å². The van der Waals surface area contributed by atoms with Crippen LogP contribution in [0.2, 0.25) is 0 Å². The molecule has 1 atom stereocenters. The van der Waals surface area contributed by atoms with Crippen molar-refractivity contribution in [2.45, 2.75) is 44.0 Å². The SMILES string of the molecule is COc1cc(C)c(C)cc1S(=O)(=O)NCC1CCCCN1C. The molecular formula is C16H26N2O3S. The summed E-state index contributed by atoms with van der Waals surface area (Å²) in [6.07, 6.45) is 3.37. The maximum absolute atomic E-state index is 12.6. The highest BCUT2D eigenvalue weighted by Crippen LogP contribution is 2.27. The number of hydrogen-bond donors (Lipinski definition) is 1. The summed E-state index contributed by atoms with van der Waals surface area (Å²) in [5.41, 5.74) is 1.96. The predicted octanol–water partition coefficient (Wildman–Crippen LogP) is 2.07. The van der Waals surface area contributed by atoms with Crippen molar-refractivity contribution >= 4 is 10.0 Å². The van der Waals surface area contributed by atoms with Gasteiger partial charge in [0.15, 0.2) is 0 Å². The van der Waals surface area contributed by atoms with Crippen LogP contribution in [0.25, 0.3) is 0 Å². The molecule has 1 unspecified atom stereocenters. The first-order valence-corrected chi connectivity index (χ1v) is 9.18. The molecule has 2 rings (SSSR count). The number of benzene rings is 1. The van der Waals surface area contributed by atoms with Gasteiger partial charge in [0, 0.05) is 12.6 Å². The van der Waals surface area contributed by atoms with Crippen LogP contribution >= 0.6 is 0 Å². The van der Waals surface area contributed by atoms with Gasteiger partial charge in [0.05, 0.1) is 7.11 Å². The summed E-state index contributed by atoms with van der Waals surface area (Å²) in [5.74, 6) is 0.396. The van der Waals surface area contributed by atoms with E-state index in [4.69, 9.17) is 4.74 Å². The molecule has 22 heavy (non-hydrogen) atoms. The fourth-order valence-corrected chi connectivity index (χ4v) is 4.12. The molecule has 1 aromatic carbocycles. The highest BCUT2D eigenvalue weighted by molar-refractivity contribution is 7.89. The first-order chi connectivity index (χ1) is 10.3. The molecule has 1 saturated heterocycles. The molecule has 0 aliphatic carbocycles. The van der Waals surface area contributed by atoms with Crippen LogP contribution in [0.1, 0.15) is 30.4 Å². The van der Waals surface area contributed by atoms with Gasteiger partial charge in [-0.1, -0.05) is 6.42 Å². The van der Waals surface area contributed by atoms with Gasteiger partial charge >= 0.3 is 0 Å². The molecule has 6 heteroatoms. The van der Waals surface area contributed by atoms with Crippen molar-refractivity contribution in [2.24, 2.45) is 0 Å². The minimum atomic E-state index is -3.57. The van der Waals surface area contributed by atoms with E-state index in [0.29, 0.717) is 12.3 Å². The molecule has 1 heterocycles. The lowest BCUT2D eigenvalue weighted by Gasteiger charge is -2.32. The summed E-state index contributed by atoms with van der Waals surface area (Å²) >= 11 is 0. The predicted molar refractivity (Wildman–Crippen MR) is 87.9 cm³/mol. The summed E-state index contributed by atoms with van der Waals surface area (Å²) in [6, 6.07) is 3.72. The van der Waals surface area contributed by atoms with E-state index in [1.807, 2.05) is 13.8 Å². The second-order valence-electron chi connectivity index (χ2n) is 6.07. The third-order valence-electron chi connectivity index (χ3n) is 4.50. The van der Waals surface area contributed by atoms with Crippen LogP contribution in [0.15, 0.2) is 17.0 Å². The van der Waals surface area contributed by atoms with Gasteiger partial charge in [-0.05, 0) is 63.5 Å². The van der Waals surface area contributed by atoms with E-state index in [-0.39, 0.29) is 10.9 Å². The van der Waals surface area contributed by atoms with Crippen molar-refractivity contribution in [1.29, 1.82) is 0 Å². The van der Waals surface area contributed by atoms with Gasteiger partial charge in [-0.15, -0.1) is 0 Å². The first-order valence-electron chi connectivity index (χ1n) is 7.70. The molecule has 0 spiro atoms. The maximum Gasteiger partial charge on any atom is 0.244 e. The quantitative estimate of drug-likeness (QED) is 0.900. The molecular weight excluding hydrogens is 300 g/mol. The Labute approximate surface area is 133 Å². The number of hydrogen-bond acceptors (Lipinski definition) is 4. The highest BCUT2D eigenvalue weighted by Gasteiger charge is 2.24. The smallest absolute Gasteiger partial charge is 0.244 e. The average molecular weight is 326 g/mol. The van der Waals surface area contributed by atoms with Crippen LogP contribution in [0.3, 0.4) is 0 Å². The number of aryl methyl sites for hydroxylation is 2. The average Bonchev–Trinajstić information content (AvgIpc) is 2.48. The summed E-state index contributed by atoms with van der Waals surface area (Å²) in [4.78, 5) is 2.44. The lowest BCUT2D eigenvalue weighted by Crippen LogP contribution is -2.44. The van der Waals surface area contributed by atoms with Crippen LogP contribution in [0, 0.1) is 13.8 Å². The van der Waals surface area contributed by atoms with Crippen LogP contribution in [0.4, 0.5) is 0 Å². The van der Waals surface area contributed by atoms with Crippen LogP contribution in [0.5, 0.6) is 5.75 Å². The van der Waals surface area contributed by atoms with Gasteiger partial charge in [0.2, 0.25) is 10.0 Å². The number of ether oxygens (including phenoxy) is 1. The monoisotopic (exact) mass is 326 g/mol. The van der Waals surface area contributed by atoms with E-state index in [1.54, 1.807) is 12.1 Å². The Morgan fingerprint density at radius 3 is 2.59 bits per heavy atom. The number of likely N-dealkylation sites (tertiary alicyclic amines) is 1. The Kier molecular flexibility index (Phi) is 5.47. The molecule has 5 nitrogen and oxygen atoms in total.